The number of benzene rings is 1. The summed E-state index contributed by atoms with van der Waals surface area (Å²) in [7, 11) is 0. The van der Waals surface area contributed by atoms with E-state index in [1.165, 1.54) is 0 Å². The van der Waals surface area contributed by atoms with E-state index in [-0.39, 0.29) is 17.9 Å². The van der Waals surface area contributed by atoms with E-state index in [1.54, 1.807) is 4.90 Å². The number of hydrogen-bond acceptors (Lipinski definition) is 2. The van der Waals surface area contributed by atoms with Crippen LogP contribution in [0.25, 0.3) is 0 Å². The lowest BCUT2D eigenvalue weighted by atomic mass is 10.0. The summed E-state index contributed by atoms with van der Waals surface area (Å²) >= 11 is 0. The second-order valence-electron chi connectivity index (χ2n) is 4.46. The van der Waals surface area contributed by atoms with Crippen LogP contribution in [0.1, 0.15) is 19.3 Å². The molecule has 0 spiro atoms. The predicted octanol–water partition coefficient (Wildman–Crippen LogP) is 2.01. The number of anilines is 1. The first kappa shape index (κ1) is 12.4. The third kappa shape index (κ3) is 2.80. The van der Waals surface area contributed by atoms with Crippen molar-refractivity contribution in [3.8, 4) is 0 Å². The molecule has 18 heavy (non-hydrogen) atoms. The molecule has 0 aromatic heterocycles. The Morgan fingerprint density at radius 3 is 2.72 bits per heavy atom. The Bertz CT molecular complexity index is 432. The minimum atomic E-state index is -0.262. The van der Waals surface area contributed by atoms with Crippen molar-refractivity contribution in [3.63, 3.8) is 0 Å². The van der Waals surface area contributed by atoms with Gasteiger partial charge >= 0.3 is 6.03 Å². The van der Waals surface area contributed by atoms with Gasteiger partial charge in [-0.05, 0) is 31.4 Å². The van der Waals surface area contributed by atoms with Crippen molar-refractivity contribution in [1.29, 1.82) is 5.41 Å². The number of nitrogens with zero attached hydrogens (tertiary/aromatic N) is 1. The van der Waals surface area contributed by atoms with Gasteiger partial charge in [0, 0.05) is 12.2 Å². The number of nitrogens with two attached hydrogens (primary N) is 1. The molecular formula is C13H18N4O. The first-order valence-electron chi connectivity index (χ1n) is 6.15. The van der Waals surface area contributed by atoms with E-state index in [4.69, 9.17) is 11.1 Å². The smallest absolute Gasteiger partial charge is 0.322 e. The topological polar surface area (TPSA) is 82.2 Å². The van der Waals surface area contributed by atoms with Crippen LogP contribution in [0.4, 0.5) is 10.5 Å². The maximum atomic E-state index is 12.1. The first-order chi connectivity index (χ1) is 8.68. The highest BCUT2D eigenvalue weighted by Gasteiger charge is 2.28. The summed E-state index contributed by atoms with van der Waals surface area (Å²) in [5.41, 5.74) is 6.31. The molecule has 0 bridgehead atoms. The first-order valence-corrected chi connectivity index (χ1v) is 6.15. The summed E-state index contributed by atoms with van der Waals surface area (Å²) in [5.74, 6) is 0.0675. The van der Waals surface area contributed by atoms with E-state index in [0.29, 0.717) is 6.54 Å². The van der Waals surface area contributed by atoms with Gasteiger partial charge in [-0.1, -0.05) is 18.2 Å². The Balaban J connectivity index is 2.05. The molecule has 0 radical (unpaired) electrons. The van der Waals surface area contributed by atoms with Crippen LogP contribution in [0, 0.1) is 5.41 Å². The second-order valence-corrected chi connectivity index (χ2v) is 4.46. The highest BCUT2D eigenvalue weighted by atomic mass is 16.2. The number of amides is 2. The molecule has 1 aliphatic heterocycles. The predicted molar refractivity (Wildman–Crippen MR) is 71.7 cm³/mol. The minimum Gasteiger partial charge on any atom is -0.386 e. The SMILES string of the molecule is N=C(N)C1CCCCN1C(=O)Nc1ccccc1. The van der Waals surface area contributed by atoms with Gasteiger partial charge in [0.25, 0.3) is 0 Å². The number of hydrogen-bond donors (Lipinski definition) is 3. The van der Waals surface area contributed by atoms with Crippen molar-refractivity contribution in [3.05, 3.63) is 30.3 Å². The zero-order chi connectivity index (χ0) is 13.0. The highest BCUT2D eigenvalue weighted by Crippen LogP contribution is 2.18. The maximum absolute atomic E-state index is 12.1. The number of carbonyl (C=O) groups is 1. The zero-order valence-corrected chi connectivity index (χ0v) is 10.2. The number of carbonyl (C=O) groups excluding carboxylic acids is 1. The standard InChI is InChI=1S/C13H18N4O/c14-12(15)11-8-4-5-9-17(11)13(18)16-10-6-2-1-3-7-10/h1-3,6-7,11H,4-5,8-9H2,(H3,14,15)(H,16,18). The molecule has 1 unspecified atom stereocenters. The molecule has 1 heterocycles. The van der Waals surface area contributed by atoms with Gasteiger partial charge in [-0.15, -0.1) is 0 Å². The van der Waals surface area contributed by atoms with Crippen LogP contribution in [0.5, 0.6) is 0 Å². The van der Waals surface area contributed by atoms with Crippen LogP contribution in [0.15, 0.2) is 30.3 Å². The van der Waals surface area contributed by atoms with Crippen molar-refractivity contribution in [1.82, 2.24) is 4.90 Å². The summed E-state index contributed by atoms with van der Waals surface area (Å²) < 4.78 is 0. The highest BCUT2D eigenvalue weighted by molar-refractivity contribution is 5.94. The molecule has 0 saturated carbocycles. The van der Waals surface area contributed by atoms with Gasteiger partial charge < -0.3 is 16.0 Å². The van der Waals surface area contributed by atoms with Crippen molar-refractivity contribution in [2.75, 3.05) is 11.9 Å². The average Bonchev–Trinajstić information content (AvgIpc) is 2.40. The number of likely N-dealkylation sites (tertiary alicyclic amines) is 1. The summed E-state index contributed by atoms with van der Waals surface area (Å²) in [6.07, 6.45) is 2.75. The molecule has 96 valence electrons. The quantitative estimate of drug-likeness (QED) is 0.551. The molecule has 1 saturated heterocycles. The summed E-state index contributed by atoms with van der Waals surface area (Å²) in [4.78, 5) is 13.8. The van der Waals surface area contributed by atoms with Gasteiger partial charge in [0.05, 0.1) is 6.04 Å². The van der Waals surface area contributed by atoms with Crippen molar-refractivity contribution >= 4 is 17.6 Å². The Morgan fingerprint density at radius 1 is 1.33 bits per heavy atom. The zero-order valence-electron chi connectivity index (χ0n) is 10.2. The van der Waals surface area contributed by atoms with Crippen molar-refractivity contribution in [2.24, 2.45) is 5.73 Å². The van der Waals surface area contributed by atoms with Gasteiger partial charge in [0.2, 0.25) is 0 Å². The van der Waals surface area contributed by atoms with Crippen LogP contribution < -0.4 is 11.1 Å². The van der Waals surface area contributed by atoms with Crippen molar-refractivity contribution < 1.29 is 4.79 Å². The average molecular weight is 246 g/mol. The minimum absolute atomic E-state index is 0.0675. The molecule has 4 N–H and O–H groups in total. The molecule has 1 fully saturated rings. The molecular weight excluding hydrogens is 228 g/mol. The normalized spacial score (nSPS) is 19.3. The lowest BCUT2D eigenvalue weighted by molar-refractivity contribution is 0.185. The number of amidine groups is 1. The Morgan fingerprint density at radius 2 is 2.06 bits per heavy atom. The van der Waals surface area contributed by atoms with Crippen LogP contribution in [0.3, 0.4) is 0 Å². The third-order valence-corrected chi connectivity index (χ3v) is 3.15. The molecule has 1 aromatic carbocycles. The monoisotopic (exact) mass is 246 g/mol. The molecule has 1 aromatic rings. The Labute approximate surface area is 106 Å². The number of piperidine rings is 1. The number of rotatable bonds is 2. The summed E-state index contributed by atoms with van der Waals surface area (Å²) in [6, 6.07) is 8.87. The molecule has 1 atom stereocenters. The van der Waals surface area contributed by atoms with Crippen LogP contribution in [0.2, 0.25) is 0 Å². The third-order valence-electron chi connectivity index (χ3n) is 3.15. The fraction of sp³-hybridized carbons (Fsp3) is 0.385. The summed E-state index contributed by atoms with van der Waals surface area (Å²) in [6.45, 7) is 0.656. The molecule has 2 rings (SSSR count). The fourth-order valence-corrected chi connectivity index (χ4v) is 2.21. The van der Waals surface area contributed by atoms with Crippen LogP contribution >= 0.6 is 0 Å². The maximum Gasteiger partial charge on any atom is 0.322 e. The van der Waals surface area contributed by atoms with E-state index in [9.17, 15) is 4.79 Å². The number of para-hydroxylation sites is 1. The number of urea groups is 1. The van der Waals surface area contributed by atoms with Crippen LogP contribution in [-0.4, -0.2) is 29.4 Å². The van der Waals surface area contributed by atoms with Crippen molar-refractivity contribution in [2.45, 2.75) is 25.3 Å². The van der Waals surface area contributed by atoms with E-state index in [0.717, 1.165) is 24.9 Å². The van der Waals surface area contributed by atoms with E-state index >= 15 is 0 Å². The Hall–Kier alpha value is -2.04. The van der Waals surface area contributed by atoms with E-state index < -0.39 is 0 Å². The summed E-state index contributed by atoms with van der Waals surface area (Å²) in [5, 5.41) is 10.4. The van der Waals surface area contributed by atoms with Gasteiger partial charge in [-0.2, -0.15) is 0 Å². The fourth-order valence-electron chi connectivity index (χ4n) is 2.21. The number of nitrogens with one attached hydrogen (secondary N) is 2. The van der Waals surface area contributed by atoms with Gasteiger partial charge in [0.15, 0.2) is 0 Å². The van der Waals surface area contributed by atoms with Crippen LogP contribution in [-0.2, 0) is 0 Å². The molecule has 5 heteroatoms. The molecule has 1 aliphatic rings. The molecule has 5 nitrogen and oxygen atoms in total. The van der Waals surface area contributed by atoms with E-state index in [1.807, 2.05) is 30.3 Å². The lowest BCUT2D eigenvalue weighted by Crippen LogP contribution is -2.51. The largest absolute Gasteiger partial charge is 0.386 e. The molecule has 2 amide bonds. The van der Waals surface area contributed by atoms with Gasteiger partial charge in [-0.25, -0.2) is 4.79 Å². The Kier molecular flexibility index (Phi) is 3.82. The molecule has 0 aliphatic carbocycles. The van der Waals surface area contributed by atoms with E-state index in [2.05, 4.69) is 5.32 Å². The lowest BCUT2D eigenvalue weighted by Gasteiger charge is -2.34. The van der Waals surface area contributed by atoms with Gasteiger partial charge in [-0.3, -0.25) is 5.41 Å². The second kappa shape index (κ2) is 5.53. The van der Waals surface area contributed by atoms with Gasteiger partial charge in [0.1, 0.15) is 5.84 Å².